The Hall–Kier alpha value is -1.97. The summed E-state index contributed by atoms with van der Waals surface area (Å²) in [5, 5.41) is 26.0. The molecule has 0 aliphatic carbocycles. The van der Waals surface area contributed by atoms with Crippen LogP contribution >= 0.6 is 7.26 Å². The van der Waals surface area contributed by atoms with Crippen molar-refractivity contribution in [2.24, 2.45) is 0 Å². The van der Waals surface area contributed by atoms with Gasteiger partial charge >= 0.3 is 135 Å². The van der Waals surface area contributed by atoms with E-state index in [9.17, 15) is 0 Å². The van der Waals surface area contributed by atoms with Crippen molar-refractivity contribution in [3.63, 3.8) is 0 Å². The molecule has 0 saturated carbocycles. The van der Waals surface area contributed by atoms with Crippen LogP contribution in [0.5, 0.6) is 0 Å². The van der Waals surface area contributed by atoms with Crippen molar-refractivity contribution in [1.82, 2.24) is 0 Å². The summed E-state index contributed by atoms with van der Waals surface area (Å²) in [7, 11) is -4.06. The Balaban J connectivity index is 0.000000511. The molecule has 0 bridgehead atoms. The van der Waals surface area contributed by atoms with E-state index >= 15 is 0 Å². The van der Waals surface area contributed by atoms with Gasteiger partial charge in [0.25, 0.3) is 0 Å². The molecule has 0 aliphatic heterocycles. The minimum absolute atomic E-state index is 1.17. The van der Waals surface area contributed by atoms with Crippen molar-refractivity contribution in [3.8, 4) is 0 Å². The van der Waals surface area contributed by atoms with Crippen LogP contribution in [0.3, 0.4) is 0 Å². The van der Waals surface area contributed by atoms with Gasteiger partial charge in [0.05, 0.1) is 0 Å². The fourth-order valence-corrected chi connectivity index (χ4v) is 7.79. The van der Waals surface area contributed by atoms with Crippen molar-refractivity contribution in [2.75, 3.05) is 6.16 Å². The number of hydrogen-bond donors (Lipinski definition) is 3. The third kappa shape index (κ3) is 4.78. The van der Waals surface area contributed by atoms with Crippen molar-refractivity contribution >= 4 is 30.5 Å². The third-order valence-electron chi connectivity index (χ3n) is 4.33. The number of hydrogen-bond acceptors (Lipinski definition) is 3. The molecule has 25 heavy (non-hydrogen) atoms. The van der Waals surface area contributed by atoms with E-state index in [2.05, 4.69) is 97.9 Å². The van der Waals surface area contributed by atoms with Crippen LogP contribution in [0.4, 0.5) is 0 Å². The van der Waals surface area contributed by atoms with Crippen LogP contribution in [0.1, 0.15) is 6.92 Å². The van der Waals surface area contributed by atoms with E-state index in [1.54, 1.807) is 0 Å². The van der Waals surface area contributed by atoms with Crippen LogP contribution in [0, 0.1) is 0 Å². The zero-order valence-corrected chi connectivity index (χ0v) is 15.3. The molecule has 130 valence electrons. The summed E-state index contributed by atoms with van der Waals surface area (Å²) < 4.78 is 0. The molecule has 0 atom stereocenters. The quantitative estimate of drug-likeness (QED) is 0.494. The smallest absolute Gasteiger partial charge is 0.402 e. The standard InChI is InChI=1S/C20H21P.BH3O3/c1-2-21(18-12-6-3-7-13-18,19-14-8-4-9-15-19)20-16-10-5-11-17-20;2-1(3)4/h3-17,21H,2H2,1H3;2-4H. The molecule has 0 aromatic heterocycles. The van der Waals surface area contributed by atoms with E-state index in [-0.39, 0.29) is 0 Å². The average molecular weight is 354 g/mol. The first-order valence-electron chi connectivity index (χ1n) is 8.32. The molecule has 3 aromatic carbocycles. The molecule has 3 nitrogen and oxygen atoms in total. The van der Waals surface area contributed by atoms with Crippen LogP contribution < -0.4 is 15.9 Å². The number of benzene rings is 3. The molecule has 0 fully saturated rings. The SMILES string of the molecule is CC[PH](c1ccccc1)(c1ccccc1)c1ccccc1.OB(O)O. The predicted molar refractivity (Wildman–Crippen MR) is 109 cm³/mol. The second-order valence-corrected chi connectivity index (χ2v) is 9.95. The summed E-state index contributed by atoms with van der Waals surface area (Å²) in [5.41, 5.74) is 0. The van der Waals surface area contributed by atoms with E-state index in [1.807, 2.05) is 0 Å². The zero-order valence-electron chi connectivity index (χ0n) is 14.3. The summed E-state index contributed by atoms with van der Waals surface area (Å²) in [6, 6.07) is 33.1. The first-order chi connectivity index (χ1) is 12.1. The van der Waals surface area contributed by atoms with E-state index in [0.29, 0.717) is 0 Å². The average Bonchev–Trinajstić information content (AvgIpc) is 2.65. The minimum atomic E-state index is -2.17. The molecular weight excluding hydrogens is 330 g/mol. The Morgan fingerprint density at radius 2 is 0.840 bits per heavy atom. The minimum Gasteiger partial charge on any atom is -0.402 e. The molecule has 0 spiro atoms. The Kier molecular flexibility index (Phi) is 7.36. The van der Waals surface area contributed by atoms with Crippen LogP contribution in [0.25, 0.3) is 0 Å². The molecule has 3 rings (SSSR count). The topological polar surface area (TPSA) is 60.7 Å². The second-order valence-electron chi connectivity index (χ2n) is 5.70. The van der Waals surface area contributed by atoms with Crippen molar-refractivity contribution in [2.45, 2.75) is 6.92 Å². The molecule has 3 aromatic rings. The first-order valence-corrected chi connectivity index (χ1v) is 10.5. The Labute approximate surface area is 150 Å². The van der Waals surface area contributed by atoms with Gasteiger partial charge < -0.3 is 15.1 Å². The molecule has 0 heterocycles. The molecule has 0 amide bonds. The van der Waals surface area contributed by atoms with Crippen LogP contribution in [-0.4, -0.2) is 28.6 Å². The fourth-order valence-electron chi connectivity index (χ4n) is 3.28. The third-order valence-corrected chi connectivity index (χ3v) is 9.35. The van der Waals surface area contributed by atoms with Crippen molar-refractivity contribution in [1.29, 1.82) is 0 Å². The van der Waals surface area contributed by atoms with E-state index in [0.717, 1.165) is 0 Å². The van der Waals surface area contributed by atoms with Crippen LogP contribution in [-0.2, 0) is 0 Å². The van der Waals surface area contributed by atoms with Crippen LogP contribution in [0.2, 0.25) is 0 Å². The summed E-state index contributed by atoms with van der Waals surface area (Å²) in [6.45, 7) is 2.33. The second kappa shape index (κ2) is 9.50. The monoisotopic (exact) mass is 354 g/mol. The summed E-state index contributed by atoms with van der Waals surface area (Å²) in [6.07, 6.45) is 1.17. The van der Waals surface area contributed by atoms with Gasteiger partial charge in [-0.05, 0) is 0 Å². The number of rotatable bonds is 4. The molecule has 0 unspecified atom stereocenters. The first kappa shape index (κ1) is 19.4. The molecule has 5 heteroatoms. The van der Waals surface area contributed by atoms with Gasteiger partial charge in [0.15, 0.2) is 0 Å². The van der Waals surface area contributed by atoms with E-state index < -0.39 is 14.6 Å². The Bertz CT molecular complexity index is 637. The fraction of sp³-hybridized carbons (Fsp3) is 0.100. The van der Waals surface area contributed by atoms with Crippen molar-refractivity contribution < 1.29 is 15.1 Å². The van der Waals surface area contributed by atoms with Crippen molar-refractivity contribution in [3.05, 3.63) is 91.0 Å². The maximum absolute atomic E-state index is 7.17. The van der Waals surface area contributed by atoms with E-state index in [1.165, 1.54) is 22.1 Å². The molecule has 0 aliphatic rings. The van der Waals surface area contributed by atoms with Crippen LogP contribution in [0.15, 0.2) is 91.0 Å². The largest absolute Gasteiger partial charge is 0.631 e. The summed E-state index contributed by atoms with van der Waals surface area (Å²) in [5.74, 6) is 0. The zero-order chi connectivity index (χ0) is 18.1. The maximum Gasteiger partial charge on any atom is 0.631 e. The van der Waals surface area contributed by atoms with Gasteiger partial charge in [-0.15, -0.1) is 0 Å². The van der Waals surface area contributed by atoms with Gasteiger partial charge in [0, 0.05) is 0 Å². The molecule has 0 saturated heterocycles. The summed E-state index contributed by atoms with van der Waals surface area (Å²) in [4.78, 5) is 0. The summed E-state index contributed by atoms with van der Waals surface area (Å²) >= 11 is 0. The van der Waals surface area contributed by atoms with Gasteiger partial charge in [-0.1, -0.05) is 0 Å². The van der Waals surface area contributed by atoms with Gasteiger partial charge in [0.2, 0.25) is 0 Å². The predicted octanol–water partition coefficient (Wildman–Crippen LogP) is 1.68. The molecular formula is C20H24BO3P. The van der Waals surface area contributed by atoms with Gasteiger partial charge in [-0.2, -0.15) is 0 Å². The molecule has 0 radical (unpaired) electrons. The molecule has 3 N–H and O–H groups in total. The van der Waals surface area contributed by atoms with Gasteiger partial charge in [-0.25, -0.2) is 0 Å². The van der Waals surface area contributed by atoms with Gasteiger partial charge in [-0.3, -0.25) is 0 Å². The maximum atomic E-state index is 7.17. The Morgan fingerprint density at radius 1 is 0.600 bits per heavy atom. The normalized spacial score (nSPS) is 11.2. The Morgan fingerprint density at radius 3 is 1.04 bits per heavy atom. The van der Waals surface area contributed by atoms with E-state index in [4.69, 9.17) is 15.1 Å². The van der Waals surface area contributed by atoms with Gasteiger partial charge in [0.1, 0.15) is 0 Å².